The number of hydrogen-bond acceptors (Lipinski definition) is 1. The van der Waals surface area contributed by atoms with Crippen LogP contribution in [0.1, 0.15) is 0 Å². The van der Waals surface area contributed by atoms with Gasteiger partial charge in [0.15, 0.2) is 0 Å². The third-order valence-electron chi connectivity index (χ3n) is 1.17. The summed E-state index contributed by atoms with van der Waals surface area (Å²) in [4.78, 5) is -0.0649. The first kappa shape index (κ1) is 8.33. The molecule has 1 atom stereocenters. The Morgan fingerprint density at radius 1 is 1.36 bits per heavy atom. The van der Waals surface area contributed by atoms with Crippen molar-refractivity contribution in [2.45, 2.75) is 4.82 Å². The van der Waals surface area contributed by atoms with Gasteiger partial charge in [-0.25, -0.2) is 0 Å². The van der Waals surface area contributed by atoms with Crippen molar-refractivity contribution in [3.63, 3.8) is 0 Å². The molecule has 0 N–H and O–H groups in total. The van der Waals surface area contributed by atoms with E-state index in [4.69, 9.17) is 5.26 Å². The summed E-state index contributed by atoms with van der Waals surface area (Å²) < 4.78 is 1.24. The Bertz CT molecular complexity index is 250. The average molecular weight is 209 g/mol. The summed E-state index contributed by atoms with van der Waals surface area (Å²) in [6.07, 6.45) is 0. The van der Waals surface area contributed by atoms with Gasteiger partial charge < -0.3 is 0 Å². The van der Waals surface area contributed by atoms with Crippen molar-refractivity contribution >= 4 is 19.4 Å². The number of nitrogens with zero attached hydrogens (tertiary/aromatic N) is 1. The van der Waals surface area contributed by atoms with E-state index in [9.17, 15) is 0 Å². The molecule has 0 heterocycles. The summed E-state index contributed by atoms with van der Waals surface area (Å²) in [6, 6.07) is 12.2. The first-order chi connectivity index (χ1) is 5.33. The zero-order valence-electron chi connectivity index (χ0n) is 6.03. The predicted molar refractivity (Wildman–Crippen MR) is 46.6 cm³/mol. The summed E-state index contributed by atoms with van der Waals surface area (Å²) in [5.41, 5.74) is 0. The first-order valence-corrected chi connectivity index (χ1v) is 5.12. The molecule has 0 fully saturated rings. The molecule has 11 heavy (non-hydrogen) atoms. The van der Waals surface area contributed by atoms with Gasteiger partial charge in [-0.05, 0) is 0 Å². The van der Waals surface area contributed by atoms with Crippen LogP contribution in [-0.2, 0) is 0 Å². The Labute approximate surface area is 73.2 Å². The van der Waals surface area contributed by atoms with Gasteiger partial charge in [-0.3, -0.25) is 0 Å². The maximum absolute atomic E-state index is 8.50. The number of rotatable bonds is 2. The summed E-state index contributed by atoms with van der Waals surface area (Å²) in [5, 5.41) is 8.50. The molecule has 0 aliphatic heterocycles. The SMILES string of the molecule is [CH2]C(C#N)[Se]c1ccccc1. The molecule has 1 aromatic carbocycles. The Hall–Kier alpha value is -0.771. The molecule has 1 unspecified atom stereocenters. The number of nitriles is 1. The molecule has 1 rings (SSSR count). The second-order valence-corrected chi connectivity index (χ2v) is 4.73. The van der Waals surface area contributed by atoms with Crippen LogP contribution in [0.15, 0.2) is 30.3 Å². The molecule has 0 saturated carbocycles. The van der Waals surface area contributed by atoms with E-state index in [-0.39, 0.29) is 19.8 Å². The zero-order chi connectivity index (χ0) is 8.10. The molecule has 0 bridgehead atoms. The summed E-state index contributed by atoms with van der Waals surface area (Å²) >= 11 is 0.204. The van der Waals surface area contributed by atoms with Gasteiger partial charge in [0.25, 0.3) is 0 Å². The van der Waals surface area contributed by atoms with Crippen molar-refractivity contribution in [1.82, 2.24) is 0 Å². The monoisotopic (exact) mass is 210 g/mol. The first-order valence-electron chi connectivity index (χ1n) is 3.27. The topological polar surface area (TPSA) is 23.8 Å². The van der Waals surface area contributed by atoms with E-state index in [2.05, 4.69) is 13.0 Å². The van der Waals surface area contributed by atoms with Gasteiger partial charge in [-0.1, -0.05) is 0 Å². The van der Waals surface area contributed by atoms with Crippen LogP contribution in [0, 0.1) is 18.3 Å². The third kappa shape index (κ3) is 2.76. The fraction of sp³-hybridized carbons (Fsp3) is 0.111. The van der Waals surface area contributed by atoms with Crippen LogP contribution in [0.3, 0.4) is 0 Å². The van der Waals surface area contributed by atoms with Crippen LogP contribution in [0.4, 0.5) is 0 Å². The Morgan fingerprint density at radius 2 is 2.00 bits per heavy atom. The predicted octanol–water partition coefficient (Wildman–Crippen LogP) is 1.16. The zero-order valence-corrected chi connectivity index (χ0v) is 7.74. The van der Waals surface area contributed by atoms with Crippen LogP contribution in [0.5, 0.6) is 0 Å². The molecule has 0 saturated heterocycles. The molecule has 0 aromatic heterocycles. The summed E-state index contributed by atoms with van der Waals surface area (Å²) in [5.74, 6) is 0. The third-order valence-corrected chi connectivity index (χ3v) is 3.13. The second kappa shape index (κ2) is 4.18. The van der Waals surface area contributed by atoms with E-state index in [0.29, 0.717) is 0 Å². The van der Waals surface area contributed by atoms with Crippen LogP contribution in [0.2, 0.25) is 4.82 Å². The fourth-order valence-electron chi connectivity index (χ4n) is 0.690. The molecular weight excluding hydrogens is 201 g/mol. The molecule has 0 aliphatic rings. The number of benzene rings is 1. The normalized spacial score (nSPS) is 12.0. The quantitative estimate of drug-likeness (QED) is 0.670. The molecule has 1 radical (unpaired) electrons. The van der Waals surface area contributed by atoms with Crippen LogP contribution in [-0.4, -0.2) is 15.0 Å². The fourth-order valence-corrected chi connectivity index (χ4v) is 2.15. The molecule has 0 amide bonds. The van der Waals surface area contributed by atoms with Gasteiger partial charge in [0.05, 0.1) is 0 Å². The van der Waals surface area contributed by atoms with Crippen LogP contribution in [0.25, 0.3) is 0 Å². The Balaban J connectivity index is 2.60. The molecule has 1 nitrogen and oxygen atoms in total. The summed E-state index contributed by atoms with van der Waals surface area (Å²) in [6.45, 7) is 3.72. The maximum atomic E-state index is 8.50. The van der Waals surface area contributed by atoms with Gasteiger partial charge in [-0.15, -0.1) is 0 Å². The van der Waals surface area contributed by atoms with Crippen molar-refractivity contribution in [3.8, 4) is 6.07 Å². The molecule has 0 aliphatic carbocycles. The van der Waals surface area contributed by atoms with E-state index in [1.165, 1.54) is 4.46 Å². The van der Waals surface area contributed by atoms with Crippen LogP contribution < -0.4 is 4.46 Å². The van der Waals surface area contributed by atoms with Crippen molar-refractivity contribution in [1.29, 1.82) is 5.26 Å². The molecule has 1 aromatic rings. The Morgan fingerprint density at radius 3 is 2.55 bits per heavy atom. The van der Waals surface area contributed by atoms with Crippen LogP contribution >= 0.6 is 0 Å². The molecule has 55 valence electrons. The van der Waals surface area contributed by atoms with E-state index < -0.39 is 0 Å². The average Bonchev–Trinajstić information content (AvgIpc) is 2.06. The number of hydrogen-bond donors (Lipinski definition) is 0. The van der Waals surface area contributed by atoms with E-state index in [1.807, 2.05) is 30.3 Å². The standard InChI is InChI=1S/C9H8NSe/c1-8(7-10)11-9-5-3-2-4-6-9/h2-6,8H,1H2. The van der Waals surface area contributed by atoms with Crippen molar-refractivity contribution < 1.29 is 0 Å². The van der Waals surface area contributed by atoms with Crippen molar-refractivity contribution in [3.05, 3.63) is 37.3 Å². The Kier molecular flexibility index (Phi) is 3.16. The second-order valence-electron chi connectivity index (χ2n) is 2.05. The van der Waals surface area contributed by atoms with Gasteiger partial charge in [0.1, 0.15) is 0 Å². The molecule has 0 spiro atoms. The van der Waals surface area contributed by atoms with E-state index >= 15 is 0 Å². The van der Waals surface area contributed by atoms with E-state index in [1.54, 1.807) is 0 Å². The minimum atomic E-state index is -0.0649. The van der Waals surface area contributed by atoms with Crippen molar-refractivity contribution in [2.75, 3.05) is 0 Å². The van der Waals surface area contributed by atoms with Gasteiger partial charge in [-0.2, -0.15) is 0 Å². The van der Waals surface area contributed by atoms with E-state index in [0.717, 1.165) is 0 Å². The summed E-state index contributed by atoms with van der Waals surface area (Å²) in [7, 11) is 0. The van der Waals surface area contributed by atoms with Gasteiger partial charge >= 0.3 is 72.8 Å². The van der Waals surface area contributed by atoms with Gasteiger partial charge in [0, 0.05) is 0 Å². The molecular formula is C9H8NSe. The van der Waals surface area contributed by atoms with Gasteiger partial charge in [0.2, 0.25) is 0 Å². The minimum absolute atomic E-state index is 0.0649. The van der Waals surface area contributed by atoms with Crippen molar-refractivity contribution in [2.24, 2.45) is 0 Å². The molecule has 2 heteroatoms.